The van der Waals surface area contributed by atoms with Crippen molar-refractivity contribution in [3.8, 4) is 0 Å². The third-order valence-electron chi connectivity index (χ3n) is 3.28. The first-order chi connectivity index (χ1) is 8.00. The highest BCUT2D eigenvalue weighted by Crippen LogP contribution is 2.30. The molecule has 1 saturated carbocycles. The van der Waals surface area contributed by atoms with Crippen LogP contribution in [0.25, 0.3) is 0 Å². The molecule has 0 aromatic heterocycles. The molecule has 92 valence electrons. The summed E-state index contributed by atoms with van der Waals surface area (Å²) in [5.41, 5.74) is 0.994. The van der Waals surface area contributed by atoms with Gasteiger partial charge < -0.3 is 10.4 Å². The molecule has 17 heavy (non-hydrogen) atoms. The van der Waals surface area contributed by atoms with E-state index < -0.39 is 5.60 Å². The van der Waals surface area contributed by atoms with Gasteiger partial charge >= 0.3 is 0 Å². The number of nitrogens with one attached hydrogen (secondary N) is 1. The molecular weight excluding hydrogens is 282 g/mol. The molecule has 4 heteroatoms. The summed E-state index contributed by atoms with van der Waals surface area (Å²) >= 11 is 3.40. The van der Waals surface area contributed by atoms with E-state index in [9.17, 15) is 9.90 Å². The fourth-order valence-electron chi connectivity index (χ4n) is 1.89. The molecular formula is C13H16BrNO2. The van der Waals surface area contributed by atoms with E-state index in [1.54, 1.807) is 6.07 Å². The summed E-state index contributed by atoms with van der Waals surface area (Å²) in [5.74, 6) is -0.124. The molecule has 0 bridgehead atoms. The van der Waals surface area contributed by atoms with Gasteiger partial charge in [-0.15, -0.1) is 0 Å². The molecule has 0 aliphatic heterocycles. The Morgan fingerprint density at radius 1 is 1.53 bits per heavy atom. The van der Waals surface area contributed by atoms with E-state index in [0.717, 1.165) is 29.3 Å². The van der Waals surface area contributed by atoms with Gasteiger partial charge in [-0.05, 0) is 49.9 Å². The second-order valence-corrected chi connectivity index (χ2v) is 5.58. The van der Waals surface area contributed by atoms with Crippen molar-refractivity contribution in [1.82, 2.24) is 5.32 Å². The molecule has 0 unspecified atom stereocenters. The van der Waals surface area contributed by atoms with Crippen molar-refractivity contribution in [2.24, 2.45) is 0 Å². The lowest BCUT2D eigenvalue weighted by molar-refractivity contribution is -0.0300. The first-order valence-corrected chi connectivity index (χ1v) is 6.56. The van der Waals surface area contributed by atoms with Gasteiger partial charge in [0.25, 0.3) is 5.91 Å². The lowest BCUT2D eigenvalue weighted by atomic mass is 9.80. The van der Waals surface area contributed by atoms with Crippen molar-refractivity contribution in [1.29, 1.82) is 0 Å². The van der Waals surface area contributed by atoms with Crippen LogP contribution in [0, 0.1) is 6.92 Å². The smallest absolute Gasteiger partial charge is 0.251 e. The van der Waals surface area contributed by atoms with Crippen molar-refractivity contribution in [2.45, 2.75) is 31.8 Å². The lowest BCUT2D eigenvalue weighted by Gasteiger charge is -2.36. The molecule has 1 fully saturated rings. The number of halogens is 1. The van der Waals surface area contributed by atoms with E-state index in [1.165, 1.54) is 0 Å². The van der Waals surface area contributed by atoms with Crippen LogP contribution in [0.5, 0.6) is 0 Å². The van der Waals surface area contributed by atoms with Gasteiger partial charge in [-0.25, -0.2) is 0 Å². The van der Waals surface area contributed by atoms with Crippen molar-refractivity contribution in [2.75, 3.05) is 6.54 Å². The van der Waals surface area contributed by atoms with Gasteiger partial charge in [0.05, 0.1) is 5.60 Å². The van der Waals surface area contributed by atoms with Crippen LogP contribution >= 0.6 is 15.9 Å². The standard InChI is InChI=1S/C13H16BrNO2/c1-9-7-10(3-4-11(9)14)12(16)15-8-13(17)5-2-6-13/h3-4,7,17H,2,5-6,8H2,1H3,(H,15,16). The Labute approximate surface area is 109 Å². The van der Waals surface area contributed by atoms with Crippen LogP contribution in [-0.2, 0) is 0 Å². The minimum atomic E-state index is -0.667. The quantitative estimate of drug-likeness (QED) is 0.900. The maximum absolute atomic E-state index is 11.9. The third kappa shape index (κ3) is 2.87. The zero-order valence-electron chi connectivity index (χ0n) is 9.79. The maximum atomic E-state index is 11.9. The Kier molecular flexibility index (Phi) is 3.54. The van der Waals surface area contributed by atoms with Crippen molar-refractivity contribution >= 4 is 21.8 Å². The lowest BCUT2D eigenvalue weighted by Crippen LogP contribution is -2.47. The van der Waals surface area contributed by atoms with Gasteiger partial charge in [0.2, 0.25) is 0 Å². The van der Waals surface area contributed by atoms with Gasteiger partial charge in [0.15, 0.2) is 0 Å². The van der Waals surface area contributed by atoms with Gasteiger partial charge in [0, 0.05) is 16.6 Å². The molecule has 3 nitrogen and oxygen atoms in total. The summed E-state index contributed by atoms with van der Waals surface area (Å²) in [6, 6.07) is 5.48. The van der Waals surface area contributed by atoms with Crippen LogP contribution in [0.4, 0.5) is 0 Å². The van der Waals surface area contributed by atoms with Gasteiger partial charge in [0.1, 0.15) is 0 Å². The maximum Gasteiger partial charge on any atom is 0.251 e. The number of rotatable bonds is 3. The second-order valence-electron chi connectivity index (χ2n) is 4.72. The Morgan fingerprint density at radius 3 is 2.76 bits per heavy atom. The Bertz CT molecular complexity index is 441. The van der Waals surface area contributed by atoms with E-state index in [0.29, 0.717) is 12.1 Å². The number of benzene rings is 1. The van der Waals surface area contributed by atoms with Crippen molar-refractivity contribution < 1.29 is 9.90 Å². The van der Waals surface area contributed by atoms with Crippen LogP contribution in [0.15, 0.2) is 22.7 Å². The average Bonchev–Trinajstić information content (AvgIpc) is 2.27. The molecule has 1 aromatic rings. The predicted octanol–water partition coefficient (Wildman–Crippen LogP) is 2.40. The molecule has 1 aliphatic rings. The van der Waals surface area contributed by atoms with E-state index in [2.05, 4.69) is 21.2 Å². The summed E-state index contributed by atoms with van der Waals surface area (Å²) in [6.07, 6.45) is 2.61. The van der Waals surface area contributed by atoms with Gasteiger partial charge in [-0.1, -0.05) is 15.9 Å². The molecule has 1 aromatic carbocycles. The highest BCUT2D eigenvalue weighted by atomic mass is 79.9. The molecule has 0 heterocycles. The number of amides is 1. The molecule has 0 spiro atoms. The van der Waals surface area contributed by atoms with Crippen LogP contribution in [0.1, 0.15) is 35.2 Å². The van der Waals surface area contributed by atoms with Gasteiger partial charge in [-0.2, -0.15) is 0 Å². The Balaban J connectivity index is 1.97. The summed E-state index contributed by atoms with van der Waals surface area (Å²) in [6.45, 7) is 2.29. The van der Waals surface area contributed by atoms with Crippen LogP contribution in [0.3, 0.4) is 0 Å². The Hall–Kier alpha value is -0.870. The van der Waals surface area contributed by atoms with Crippen molar-refractivity contribution in [3.63, 3.8) is 0 Å². The number of carbonyl (C=O) groups excluding carboxylic acids is 1. The summed E-state index contributed by atoms with van der Waals surface area (Å²) < 4.78 is 0.992. The molecule has 2 rings (SSSR count). The molecule has 1 aliphatic carbocycles. The second kappa shape index (κ2) is 4.78. The molecule has 0 radical (unpaired) electrons. The number of carbonyl (C=O) groups is 1. The van der Waals surface area contributed by atoms with Crippen LogP contribution in [0.2, 0.25) is 0 Å². The fraction of sp³-hybridized carbons (Fsp3) is 0.462. The number of aryl methyl sites for hydroxylation is 1. The summed E-state index contributed by atoms with van der Waals surface area (Å²) in [4.78, 5) is 11.9. The normalized spacial score (nSPS) is 17.4. The van der Waals surface area contributed by atoms with E-state index in [1.807, 2.05) is 19.1 Å². The SMILES string of the molecule is Cc1cc(C(=O)NCC2(O)CCC2)ccc1Br. The average molecular weight is 298 g/mol. The first-order valence-electron chi connectivity index (χ1n) is 5.77. The van der Waals surface area contributed by atoms with E-state index >= 15 is 0 Å². The minimum Gasteiger partial charge on any atom is -0.388 e. The van der Waals surface area contributed by atoms with E-state index in [-0.39, 0.29) is 5.91 Å². The highest BCUT2D eigenvalue weighted by molar-refractivity contribution is 9.10. The van der Waals surface area contributed by atoms with Crippen LogP contribution < -0.4 is 5.32 Å². The van der Waals surface area contributed by atoms with Crippen LogP contribution in [-0.4, -0.2) is 23.2 Å². The third-order valence-corrected chi connectivity index (χ3v) is 4.17. The highest BCUT2D eigenvalue weighted by Gasteiger charge is 2.34. The molecule has 1 amide bonds. The summed E-state index contributed by atoms with van der Waals surface area (Å²) in [7, 11) is 0. The molecule has 2 N–H and O–H groups in total. The number of hydrogen-bond acceptors (Lipinski definition) is 2. The topological polar surface area (TPSA) is 49.3 Å². The fourth-order valence-corrected chi connectivity index (χ4v) is 2.14. The van der Waals surface area contributed by atoms with E-state index in [4.69, 9.17) is 0 Å². The van der Waals surface area contributed by atoms with Gasteiger partial charge in [-0.3, -0.25) is 4.79 Å². The first kappa shape index (κ1) is 12.6. The summed E-state index contributed by atoms with van der Waals surface area (Å²) in [5, 5.41) is 12.7. The predicted molar refractivity (Wildman–Crippen MR) is 70.0 cm³/mol. The number of hydrogen-bond donors (Lipinski definition) is 2. The molecule has 0 atom stereocenters. The Morgan fingerprint density at radius 2 is 2.24 bits per heavy atom. The largest absolute Gasteiger partial charge is 0.388 e. The number of aliphatic hydroxyl groups is 1. The zero-order chi connectivity index (χ0) is 12.5. The zero-order valence-corrected chi connectivity index (χ0v) is 11.4. The minimum absolute atomic E-state index is 0.124. The monoisotopic (exact) mass is 297 g/mol. The molecule has 0 saturated heterocycles. The van der Waals surface area contributed by atoms with Crippen molar-refractivity contribution in [3.05, 3.63) is 33.8 Å².